The number of benzene rings is 1. The second-order valence-corrected chi connectivity index (χ2v) is 5.06. The van der Waals surface area contributed by atoms with E-state index >= 15 is 0 Å². The van der Waals surface area contributed by atoms with Crippen LogP contribution in [0.25, 0.3) is 0 Å². The van der Waals surface area contributed by atoms with Crippen molar-refractivity contribution in [2.45, 2.75) is 46.5 Å². The Morgan fingerprint density at radius 1 is 1.25 bits per heavy atom. The number of unbranched alkanes of at least 4 members (excludes halogenated alkanes) is 1. The molecule has 0 saturated heterocycles. The number of para-hydroxylation sites is 1. The van der Waals surface area contributed by atoms with Gasteiger partial charge in [0.2, 0.25) is 0 Å². The molecule has 0 aliphatic heterocycles. The minimum Gasteiger partial charge on any atom is -0.493 e. The van der Waals surface area contributed by atoms with Gasteiger partial charge >= 0.3 is 0 Å². The topological polar surface area (TPSA) is 38.3 Å². The lowest BCUT2D eigenvalue weighted by Gasteiger charge is -2.16. The first-order valence-corrected chi connectivity index (χ1v) is 7.72. The van der Waals surface area contributed by atoms with Crippen molar-refractivity contribution in [2.24, 2.45) is 5.92 Å². The molecular weight excluding hydrogens is 250 g/mol. The van der Waals surface area contributed by atoms with Crippen LogP contribution in [0.3, 0.4) is 0 Å². The SMILES string of the molecule is CCCC[C@@H](CC)CNC(=O)c1ccccc1OCC. The minimum atomic E-state index is -0.0380. The molecule has 0 aliphatic carbocycles. The van der Waals surface area contributed by atoms with Gasteiger partial charge in [0, 0.05) is 6.54 Å². The zero-order chi connectivity index (χ0) is 14.8. The van der Waals surface area contributed by atoms with Crippen LogP contribution in [0.5, 0.6) is 5.75 Å². The fourth-order valence-electron chi connectivity index (χ4n) is 2.21. The van der Waals surface area contributed by atoms with Crippen LogP contribution in [0, 0.1) is 5.92 Å². The molecule has 0 spiro atoms. The molecule has 0 radical (unpaired) electrons. The van der Waals surface area contributed by atoms with Crippen LogP contribution in [0.4, 0.5) is 0 Å². The molecule has 1 N–H and O–H groups in total. The third-order valence-electron chi connectivity index (χ3n) is 3.53. The smallest absolute Gasteiger partial charge is 0.255 e. The van der Waals surface area contributed by atoms with Crippen molar-refractivity contribution < 1.29 is 9.53 Å². The lowest BCUT2D eigenvalue weighted by molar-refractivity contribution is 0.0942. The molecule has 0 fully saturated rings. The predicted molar refractivity (Wildman–Crippen MR) is 83.3 cm³/mol. The first-order valence-electron chi connectivity index (χ1n) is 7.72. The Balaban J connectivity index is 2.57. The van der Waals surface area contributed by atoms with E-state index in [1.807, 2.05) is 31.2 Å². The van der Waals surface area contributed by atoms with Crippen LogP contribution in [0.15, 0.2) is 24.3 Å². The molecule has 1 aromatic carbocycles. The van der Waals surface area contributed by atoms with Gasteiger partial charge < -0.3 is 10.1 Å². The van der Waals surface area contributed by atoms with Gasteiger partial charge in [0.25, 0.3) is 5.91 Å². The largest absolute Gasteiger partial charge is 0.493 e. The summed E-state index contributed by atoms with van der Waals surface area (Å²) in [7, 11) is 0. The molecule has 0 aromatic heterocycles. The molecular formula is C17H27NO2. The van der Waals surface area contributed by atoms with E-state index in [4.69, 9.17) is 4.74 Å². The second-order valence-electron chi connectivity index (χ2n) is 5.06. The Bertz CT molecular complexity index is 404. The van der Waals surface area contributed by atoms with E-state index in [-0.39, 0.29) is 5.91 Å². The maximum absolute atomic E-state index is 12.2. The number of carbonyl (C=O) groups excluding carboxylic acids is 1. The number of hydrogen-bond donors (Lipinski definition) is 1. The van der Waals surface area contributed by atoms with Crippen molar-refractivity contribution in [3.8, 4) is 5.75 Å². The normalized spacial score (nSPS) is 11.9. The number of carbonyl (C=O) groups is 1. The summed E-state index contributed by atoms with van der Waals surface area (Å²) in [4.78, 5) is 12.2. The summed E-state index contributed by atoms with van der Waals surface area (Å²) >= 11 is 0. The molecule has 1 rings (SSSR count). The lowest BCUT2D eigenvalue weighted by Crippen LogP contribution is -2.29. The average molecular weight is 277 g/mol. The number of ether oxygens (including phenoxy) is 1. The molecule has 1 amide bonds. The van der Waals surface area contributed by atoms with Crippen molar-refractivity contribution in [3.63, 3.8) is 0 Å². The van der Waals surface area contributed by atoms with Gasteiger partial charge in [-0.15, -0.1) is 0 Å². The highest BCUT2D eigenvalue weighted by Gasteiger charge is 2.13. The van der Waals surface area contributed by atoms with E-state index in [1.54, 1.807) is 0 Å². The van der Waals surface area contributed by atoms with E-state index in [0.29, 0.717) is 23.8 Å². The van der Waals surface area contributed by atoms with Crippen LogP contribution in [-0.4, -0.2) is 19.1 Å². The van der Waals surface area contributed by atoms with Gasteiger partial charge in [0.15, 0.2) is 0 Å². The Morgan fingerprint density at radius 3 is 2.65 bits per heavy atom. The summed E-state index contributed by atoms with van der Waals surface area (Å²) in [6.45, 7) is 7.62. The number of nitrogens with one attached hydrogen (secondary N) is 1. The van der Waals surface area contributed by atoms with Crippen molar-refractivity contribution >= 4 is 5.91 Å². The summed E-state index contributed by atoms with van der Waals surface area (Å²) in [6.07, 6.45) is 4.72. The van der Waals surface area contributed by atoms with E-state index in [1.165, 1.54) is 19.3 Å². The van der Waals surface area contributed by atoms with Crippen molar-refractivity contribution in [2.75, 3.05) is 13.2 Å². The van der Waals surface area contributed by atoms with Crippen LogP contribution in [0.1, 0.15) is 56.8 Å². The van der Waals surface area contributed by atoms with Crippen molar-refractivity contribution in [1.29, 1.82) is 0 Å². The fraction of sp³-hybridized carbons (Fsp3) is 0.588. The maximum atomic E-state index is 12.2. The second kappa shape index (κ2) is 9.40. The Morgan fingerprint density at radius 2 is 2.00 bits per heavy atom. The fourth-order valence-corrected chi connectivity index (χ4v) is 2.21. The molecule has 1 aromatic rings. The third kappa shape index (κ3) is 5.24. The van der Waals surface area contributed by atoms with Gasteiger partial charge in [-0.2, -0.15) is 0 Å². The van der Waals surface area contributed by atoms with Gasteiger partial charge in [-0.1, -0.05) is 45.2 Å². The van der Waals surface area contributed by atoms with Gasteiger partial charge in [-0.05, 0) is 31.4 Å². The summed E-state index contributed by atoms with van der Waals surface area (Å²) in [5.74, 6) is 1.19. The van der Waals surface area contributed by atoms with Gasteiger partial charge in [-0.25, -0.2) is 0 Å². The first kappa shape index (κ1) is 16.5. The molecule has 0 bridgehead atoms. The van der Waals surface area contributed by atoms with Crippen LogP contribution < -0.4 is 10.1 Å². The van der Waals surface area contributed by atoms with Crippen LogP contribution in [0.2, 0.25) is 0 Å². The van der Waals surface area contributed by atoms with Gasteiger partial charge in [0.1, 0.15) is 5.75 Å². The van der Waals surface area contributed by atoms with Crippen molar-refractivity contribution in [3.05, 3.63) is 29.8 Å². The molecule has 0 unspecified atom stereocenters. The highest BCUT2D eigenvalue weighted by Crippen LogP contribution is 2.18. The standard InChI is InChI=1S/C17H27NO2/c1-4-7-10-14(5-2)13-18-17(19)15-11-8-9-12-16(15)20-6-3/h8-9,11-12,14H,4-7,10,13H2,1-3H3,(H,18,19)/t14-/m1/s1. The molecule has 20 heavy (non-hydrogen) atoms. The van der Waals surface area contributed by atoms with Gasteiger partial charge in [-0.3, -0.25) is 4.79 Å². The predicted octanol–water partition coefficient (Wildman–Crippen LogP) is 4.03. The third-order valence-corrected chi connectivity index (χ3v) is 3.53. The monoisotopic (exact) mass is 277 g/mol. The lowest BCUT2D eigenvalue weighted by atomic mass is 9.99. The van der Waals surface area contributed by atoms with Gasteiger partial charge in [0.05, 0.1) is 12.2 Å². The molecule has 1 atom stereocenters. The Kier molecular flexibility index (Phi) is 7.78. The summed E-state index contributed by atoms with van der Waals surface area (Å²) < 4.78 is 5.50. The molecule has 0 saturated carbocycles. The van der Waals surface area contributed by atoms with Crippen molar-refractivity contribution in [1.82, 2.24) is 5.32 Å². The Hall–Kier alpha value is -1.51. The molecule has 112 valence electrons. The average Bonchev–Trinajstić information content (AvgIpc) is 2.48. The summed E-state index contributed by atoms with van der Waals surface area (Å²) in [6, 6.07) is 7.41. The zero-order valence-corrected chi connectivity index (χ0v) is 12.9. The molecule has 3 nitrogen and oxygen atoms in total. The van der Waals surface area contributed by atoms with E-state index in [0.717, 1.165) is 13.0 Å². The van der Waals surface area contributed by atoms with E-state index in [2.05, 4.69) is 19.2 Å². The number of amides is 1. The summed E-state index contributed by atoms with van der Waals surface area (Å²) in [5, 5.41) is 3.04. The zero-order valence-electron chi connectivity index (χ0n) is 12.9. The first-order chi connectivity index (χ1) is 9.72. The molecule has 3 heteroatoms. The quantitative estimate of drug-likeness (QED) is 0.740. The minimum absolute atomic E-state index is 0.0380. The number of rotatable bonds is 9. The van der Waals surface area contributed by atoms with Crippen LogP contribution in [-0.2, 0) is 0 Å². The molecule has 0 aliphatic rings. The van der Waals surface area contributed by atoms with Crippen LogP contribution >= 0.6 is 0 Å². The number of hydrogen-bond acceptors (Lipinski definition) is 2. The highest BCUT2D eigenvalue weighted by molar-refractivity contribution is 5.96. The molecule has 0 heterocycles. The van der Waals surface area contributed by atoms with E-state index in [9.17, 15) is 4.79 Å². The Labute approximate surface area is 122 Å². The highest BCUT2D eigenvalue weighted by atomic mass is 16.5. The maximum Gasteiger partial charge on any atom is 0.255 e. The van der Waals surface area contributed by atoms with E-state index < -0.39 is 0 Å². The summed E-state index contributed by atoms with van der Waals surface area (Å²) in [5.41, 5.74) is 0.625.